The topological polar surface area (TPSA) is 50.1 Å². The normalized spacial score (nSPS) is 24.3. The summed E-state index contributed by atoms with van der Waals surface area (Å²) in [6.45, 7) is 8.46. The number of fused-ring (bicyclic) bond motifs is 1. The highest BCUT2D eigenvalue weighted by atomic mass is 16.6. The molecule has 0 unspecified atom stereocenters. The summed E-state index contributed by atoms with van der Waals surface area (Å²) in [4.78, 5) is 12.5. The molecule has 0 saturated carbocycles. The summed E-state index contributed by atoms with van der Waals surface area (Å²) in [5.74, 6) is -0.345. The zero-order valence-electron chi connectivity index (χ0n) is 17.3. The molecule has 1 saturated heterocycles. The molecule has 1 aliphatic heterocycles. The van der Waals surface area contributed by atoms with Crippen LogP contribution in [0.4, 0.5) is 0 Å². The number of hydrogen-bond donors (Lipinski definition) is 0. The third kappa shape index (κ3) is 2.91. The minimum absolute atomic E-state index is 0.0338. The Labute approximate surface area is 171 Å². The Hall–Kier alpha value is -3.12. The number of rotatable bonds is 2. The molecule has 0 N–H and O–H groups in total. The average molecular weight is 383 g/mol. The van der Waals surface area contributed by atoms with Crippen molar-refractivity contribution in [2.45, 2.75) is 50.5 Å². The van der Waals surface area contributed by atoms with Gasteiger partial charge in [0.1, 0.15) is 6.07 Å². The van der Waals surface area contributed by atoms with E-state index >= 15 is 0 Å². The summed E-state index contributed by atoms with van der Waals surface area (Å²) in [6.07, 6.45) is 0.169. The van der Waals surface area contributed by atoms with Gasteiger partial charge in [0.25, 0.3) is 0 Å². The minimum Gasteiger partial charge on any atom is -0.438 e. The van der Waals surface area contributed by atoms with Crippen molar-refractivity contribution < 1.29 is 9.53 Å². The molecule has 3 nitrogen and oxygen atoms in total. The Morgan fingerprint density at radius 1 is 0.931 bits per heavy atom. The van der Waals surface area contributed by atoms with Gasteiger partial charge in [-0.15, -0.1) is 0 Å². The van der Waals surface area contributed by atoms with Crippen molar-refractivity contribution in [1.82, 2.24) is 0 Å². The van der Waals surface area contributed by atoms with Crippen molar-refractivity contribution in [2.24, 2.45) is 0 Å². The van der Waals surface area contributed by atoms with Crippen molar-refractivity contribution in [3.63, 3.8) is 0 Å². The molecular weight excluding hydrogens is 358 g/mol. The van der Waals surface area contributed by atoms with Crippen molar-refractivity contribution >= 4 is 16.7 Å². The van der Waals surface area contributed by atoms with Gasteiger partial charge in [-0.3, -0.25) is 4.79 Å². The van der Waals surface area contributed by atoms with Crippen LogP contribution in [0.5, 0.6) is 0 Å². The van der Waals surface area contributed by atoms with E-state index in [-0.39, 0.29) is 17.8 Å². The Morgan fingerprint density at radius 3 is 2.17 bits per heavy atom. The Bertz CT molecular complexity index is 1130. The van der Waals surface area contributed by atoms with E-state index in [9.17, 15) is 10.1 Å². The highest BCUT2D eigenvalue weighted by molar-refractivity contribution is 5.84. The van der Waals surface area contributed by atoms with Gasteiger partial charge in [-0.25, -0.2) is 0 Å². The summed E-state index contributed by atoms with van der Waals surface area (Å²) in [6, 6.07) is 24.5. The quantitative estimate of drug-likeness (QED) is 0.529. The lowest BCUT2D eigenvalue weighted by molar-refractivity contribution is -0.146. The lowest BCUT2D eigenvalue weighted by Gasteiger charge is -2.37. The summed E-state index contributed by atoms with van der Waals surface area (Å²) in [5.41, 5.74) is 0.752. The second-order valence-corrected chi connectivity index (χ2v) is 9.17. The van der Waals surface area contributed by atoms with Crippen molar-refractivity contribution in [1.29, 1.82) is 5.26 Å². The first-order valence-corrected chi connectivity index (χ1v) is 9.93. The van der Waals surface area contributed by atoms with Gasteiger partial charge in [0.2, 0.25) is 5.60 Å². The molecule has 4 rings (SSSR count). The molecule has 0 amide bonds. The molecule has 3 aromatic carbocycles. The highest BCUT2D eigenvalue weighted by Crippen LogP contribution is 2.52. The highest BCUT2D eigenvalue weighted by Gasteiger charge is 2.60. The largest absolute Gasteiger partial charge is 0.438 e. The van der Waals surface area contributed by atoms with Crippen LogP contribution < -0.4 is 0 Å². The van der Waals surface area contributed by atoms with Crippen LogP contribution in [0.25, 0.3) is 10.8 Å². The van der Waals surface area contributed by atoms with E-state index in [1.807, 2.05) is 61.5 Å². The maximum absolute atomic E-state index is 12.5. The standard InChI is InChI=1S/C26H25NO2/c1-24(2,3)20-11-13-21(14-12-20)25(4)16-23(28)29-26(25,17-27)22-10-9-18-7-5-6-8-19(18)15-22/h5-15H,16H2,1-4H3/t25-,26-/m0/s1. The van der Waals surface area contributed by atoms with Crippen LogP contribution in [0, 0.1) is 11.3 Å². The van der Waals surface area contributed by atoms with Gasteiger partial charge in [0, 0.05) is 5.56 Å². The predicted molar refractivity (Wildman–Crippen MR) is 114 cm³/mol. The van der Waals surface area contributed by atoms with Crippen LogP contribution >= 0.6 is 0 Å². The first-order chi connectivity index (χ1) is 13.7. The number of carbonyl (C=O) groups is 1. The van der Waals surface area contributed by atoms with Crippen LogP contribution in [-0.2, 0) is 26.0 Å². The number of esters is 1. The monoisotopic (exact) mass is 383 g/mol. The Balaban J connectivity index is 1.88. The zero-order valence-corrected chi connectivity index (χ0v) is 17.3. The molecule has 0 radical (unpaired) electrons. The van der Waals surface area contributed by atoms with Gasteiger partial charge < -0.3 is 4.74 Å². The third-order valence-electron chi connectivity index (χ3n) is 6.24. The van der Waals surface area contributed by atoms with E-state index in [2.05, 4.69) is 39.0 Å². The van der Waals surface area contributed by atoms with Crippen LogP contribution in [0.15, 0.2) is 66.7 Å². The van der Waals surface area contributed by atoms with Crippen LogP contribution in [0.3, 0.4) is 0 Å². The summed E-state index contributed by atoms with van der Waals surface area (Å²) >= 11 is 0. The summed E-state index contributed by atoms with van der Waals surface area (Å²) in [7, 11) is 0. The first kappa shape index (κ1) is 19.2. The molecule has 2 atom stereocenters. The molecule has 0 spiro atoms. The van der Waals surface area contributed by atoms with Gasteiger partial charge in [-0.1, -0.05) is 81.4 Å². The molecular formula is C26H25NO2. The van der Waals surface area contributed by atoms with E-state index in [1.165, 1.54) is 5.56 Å². The number of nitrogens with zero attached hydrogens (tertiary/aromatic N) is 1. The number of carbonyl (C=O) groups excluding carboxylic acids is 1. The Kier molecular flexibility index (Phi) is 4.28. The van der Waals surface area contributed by atoms with E-state index in [4.69, 9.17) is 4.74 Å². The number of cyclic esters (lactones) is 1. The summed E-state index contributed by atoms with van der Waals surface area (Å²) < 4.78 is 5.80. The zero-order chi connectivity index (χ0) is 20.9. The smallest absolute Gasteiger partial charge is 0.308 e. The SMILES string of the molecule is CC(C)(C)c1ccc([C@]2(C)CC(=O)O[C@@]2(C#N)c2ccc3ccccc3c2)cc1. The number of benzene rings is 3. The maximum atomic E-state index is 12.5. The van der Waals surface area contributed by atoms with Gasteiger partial charge in [0.05, 0.1) is 11.8 Å². The lowest BCUT2D eigenvalue weighted by atomic mass is 9.65. The van der Waals surface area contributed by atoms with Gasteiger partial charge in [-0.05, 0) is 40.3 Å². The minimum atomic E-state index is -1.36. The van der Waals surface area contributed by atoms with Crippen molar-refractivity contribution in [3.05, 3.63) is 83.4 Å². The lowest BCUT2D eigenvalue weighted by Crippen LogP contribution is -2.43. The second kappa shape index (κ2) is 6.46. The molecule has 1 aliphatic rings. The average Bonchev–Trinajstić information content (AvgIpc) is 2.98. The fourth-order valence-electron chi connectivity index (χ4n) is 4.37. The summed E-state index contributed by atoms with van der Waals surface area (Å²) in [5, 5.41) is 12.4. The van der Waals surface area contributed by atoms with Crippen LogP contribution in [-0.4, -0.2) is 5.97 Å². The van der Waals surface area contributed by atoms with Crippen molar-refractivity contribution in [2.75, 3.05) is 0 Å². The molecule has 29 heavy (non-hydrogen) atoms. The van der Waals surface area contributed by atoms with E-state index in [0.29, 0.717) is 5.56 Å². The molecule has 3 aromatic rings. The van der Waals surface area contributed by atoms with E-state index in [1.54, 1.807) is 0 Å². The number of ether oxygens (including phenoxy) is 1. The third-order valence-corrected chi connectivity index (χ3v) is 6.24. The van der Waals surface area contributed by atoms with Gasteiger partial charge in [-0.2, -0.15) is 5.26 Å². The molecule has 0 aromatic heterocycles. The van der Waals surface area contributed by atoms with E-state index < -0.39 is 11.0 Å². The fraction of sp³-hybridized carbons (Fsp3) is 0.308. The van der Waals surface area contributed by atoms with Crippen LogP contribution in [0.2, 0.25) is 0 Å². The van der Waals surface area contributed by atoms with Gasteiger partial charge in [0.15, 0.2) is 0 Å². The molecule has 1 heterocycles. The molecule has 1 fully saturated rings. The van der Waals surface area contributed by atoms with E-state index in [0.717, 1.165) is 16.3 Å². The van der Waals surface area contributed by atoms with Gasteiger partial charge >= 0.3 is 5.97 Å². The number of hydrogen-bond acceptors (Lipinski definition) is 3. The van der Waals surface area contributed by atoms with Crippen molar-refractivity contribution in [3.8, 4) is 6.07 Å². The number of nitriles is 1. The fourth-order valence-corrected chi connectivity index (χ4v) is 4.37. The molecule has 3 heteroatoms. The second-order valence-electron chi connectivity index (χ2n) is 9.17. The van der Waals surface area contributed by atoms with Crippen LogP contribution in [0.1, 0.15) is 50.8 Å². The Morgan fingerprint density at radius 2 is 1.55 bits per heavy atom. The first-order valence-electron chi connectivity index (χ1n) is 9.93. The molecule has 0 bridgehead atoms. The predicted octanol–water partition coefficient (Wildman–Crippen LogP) is 5.76. The molecule has 146 valence electrons. The maximum Gasteiger partial charge on any atom is 0.308 e. The molecule has 0 aliphatic carbocycles.